The molecule has 0 aliphatic heterocycles. The van der Waals surface area contributed by atoms with Gasteiger partial charge >= 0.3 is 5.97 Å². The van der Waals surface area contributed by atoms with Crippen LogP contribution in [-0.2, 0) is 9.53 Å². The SMILES string of the molecule is CC(C)c1ccccc1NC(=O)COC(=O)c1cc(-c2cccnc2)nc2ccccc12. The van der Waals surface area contributed by atoms with E-state index < -0.39 is 11.9 Å². The second kappa shape index (κ2) is 9.39. The lowest BCUT2D eigenvalue weighted by Crippen LogP contribution is -2.22. The van der Waals surface area contributed by atoms with Gasteiger partial charge in [0.1, 0.15) is 0 Å². The number of carbonyl (C=O) groups excluding carboxylic acids is 2. The molecular weight excluding hydrogens is 402 g/mol. The topological polar surface area (TPSA) is 81.2 Å². The Morgan fingerprint density at radius 3 is 2.56 bits per heavy atom. The third-order valence-electron chi connectivity index (χ3n) is 5.08. The summed E-state index contributed by atoms with van der Waals surface area (Å²) in [7, 11) is 0. The number of benzene rings is 2. The zero-order valence-electron chi connectivity index (χ0n) is 17.9. The number of nitrogens with one attached hydrogen (secondary N) is 1. The second-order valence-electron chi connectivity index (χ2n) is 7.68. The fraction of sp³-hybridized carbons (Fsp3) is 0.154. The number of para-hydroxylation sites is 2. The standard InChI is InChI=1S/C26H23N3O3/c1-17(2)19-9-3-5-11-22(19)29-25(30)16-32-26(31)21-14-24(18-8-7-13-27-15-18)28-23-12-6-4-10-20(21)23/h3-15,17H,16H2,1-2H3,(H,29,30). The lowest BCUT2D eigenvalue weighted by atomic mass is 10.0. The zero-order chi connectivity index (χ0) is 22.5. The molecule has 0 unspecified atom stereocenters. The van der Waals surface area contributed by atoms with Gasteiger partial charge in [0.15, 0.2) is 6.61 Å². The summed E-state index contributed by atoms with van der Waals surface area (Å²) in [5, 5.41) is 3.50. The average molecular weight is 425 g/mol. The molecule has 0 aliphatic carbocycles. The van der Waals surface area contributed by atoms with Crippen LogP contribution in [0.4, 0.5) is 5.69 Å². The van der Waals surface area contributed by atoms with Crippen molar-refractivity contribution in [1.29, 1.82) is 0 Å². The maximum Gasteiger partial charge on any atom is 0.339 e. The van der Waals surface area contributed by atoms with E-state index in [0.29, 0.717) is 22.2 Å². The normalized spacial score (nSPS) is 10.8. The molecule has 4 rings (SSSR count). The van der Waals surface area contributed by atoms with Crippen LogP contribution in [0.1, 0.15) is 35.7 Å². The molecular formula is C26H23N3O3. The maximum absolute atomic E-state index is 12.9. The van der Waals surface area contributed by atoms with Crippen molar-refractivity contribution in [1.82, 2.24) is 9.97 Å². The number of hydrogen-bond donors (Lipinski definition) is 1. The van der Waals surface area contributed by atoms with Gasteiger partial charge in [-0.15, -0.1) is 0 Å². The number of hydrogen-bond acceptors (Lipinski definition) is 5. The van der Waals surface area contributed by atoms with Crippen LogP contribution < -0.4 is 5.32 Å². The molecule has 32 heavy (non-hydrogen) atoms. The number of aromatic nitrogens is 2. The van der Waals surface area contributed by atoms with Crippen LogP contribution in [0.5, 0.6) is 0 Å². The first-order chi connectivity index (χ1) is 15.5. The molecule has 0 saturated carbocycles. The molecule has 0 aliphatic rings. The zero-order valence-corrected chi connectivity index (χ0v) is 17.9. The lowest BCUT2D eigenvalue weighted by Gasteiger charge is -2.14. The summed E-state index contributed by atoms with van der Waals surface area (Å²) >= 11 is 0. The third-order valence-corrected chi connectivity index (χ3v) is 5.08. The quantitative estimate of drug-likeness (QED) is 0.429. The van der Waals surface area contributed by atoms with Crippen molar-refractivity contribution >= 4 is 28.5 Å². The van der Waals surface area contributed by atoms with E-state index in [4.69, 9.17) is 4.74 Å². The van der Waals surface area contributed by atoms with Gasteiger partial charge in [0.25, 0.3) is 5.91 Å². The van der Waals surface area contributed by atoms with Gasteiger partial charge in [-0.25, -0.2) is 9.78 Å². The van der Waals surface area contributed by atoms with Gasteiger partial charge < -0.3 is 10.1 Å². The van der Waals surface area contributed by atoms with E-state index in [9.17, 15) is 9.59 Å². The van der Waals surface area contributed by atoms with Crippen molar-refractivity contribution in [3.8, 4) is 11.3 Å². The number of amides is 1. The number of fused-ring (bicyclic) bond motifs is 1. The highest BCUT2D eigenvalue weighted by molar-refractivity contribution is 6.05. The number of pyridine rings is 2. The van der Waals surface area contributed by atoms with Crippen molar-refractivity contribution in [2.24, 2.45) is 0 Å². The van der Waals surface area contributed by atoms with Crippen molar-refractivity contribution in [2.45, 2.75) is 19.8 Å². The Morgan fingerprint density at radius 2 is 1.78 bits per heavy atom. The summed E-state index contributed by atoms with van der Waals surface area (Å²) in [6.45, 7) is 3.73. The fourth-order valence-corrected chi connectivity index (χ4v) is 3.52. The summed E-state index contributed by atoms with van der Waals surface area (Å²) < 4.78 is 5.37. The van der Waals surface area contributed by atoms with Crippen LogP contribution in [0, 0.1) is 0 Å². The molecule has 2 heterocycles. The molecule has 0 radical (unpaired) electrons. The summed E-state index contributed by atoms with van der Waals surface area (Å²) in [6.07, 6.45) is 3.36. The number of nitrogens with zero attached hydrogens (tertiary/aromatic N) is 2. The third kappa shape index (κ3) is 4.64. The maximum atomic E-state index is 12.9. The monoisotopic (exact) mass is 425 g/mol. The summed E-state index contributed by atoms with van der Waals surface area (Å²) in [5.41, 5.74) is 4.15. The van der Waals surface area contributed by atoms with Crippen LogP contribution in [-0.4, -0.2) is 28.5 Å². The Kier molecular flexibility index (Phi) is 6.22. The highest BCUT2D eigenvalue weighted by Crippen LogP contribution is 2.26. The van der Waals surface area contributed by atoms with Gasteiger partial charge in [-0.2, -0.15) is 0 Å². The van der Waals surface area contributed by atoms with Gasteiger partial charge in [0.2, 0.25) is 0 Å². The van der Waals surface area contributed by atoms with Crippen LogP contribution in [0.15, 0.2) is 79.1 Å². The Morgan fingerprint density at radius 1 is 1.00 bits per heavy atom. The smallest absolute Gasteiger partial charge is 0.339 e. The molecule has 2 aromatic heterocycles. The first-order valence-corrected chi connectivity index (χ1v) is 10.4. The van der Waals surface area contributed by atoms with Crippen LogP contribution in [0.3, 0.4) is 0 Å². The average Bonchev–Trinajstić information content (AvgIpc) is 2.82. The molecule has 6 nitrogen and oxygen atoms in total. The van der Waals surface area contributed by atoms with Gasteiger partial charge in [0.05, 0.1) is 16.8 Å². The van der Waals surface area contributed by atoms with Crippen LogP contribution in [0.2, 0.25) is 0 Å². The van der Waals surface area contributed by atoms with E-state index in [1.54, 1.807) is 18.5 Å². The molecule has 6 heteroatoms. The van der Waals surface area contributed by atoms with Crippen molar-refractivity contribution in [2.75, 3.05) is 11.9 Å². The molecule has 0 spiro atoms. The number of esters is 1. The highest BCUT2D eigenvalue weighted by atomic mass is 16.5. The molecule has 2 aromatic carbocycles. The number of rotatable bonds is 6. The van der Waals surface area contributed by atoms with Crippen LogP contribution in [0.25, 0.3) is 22.2 Å². The van der Waals surface area contributed by atoms with E-state index in [2.05, 4.69) is 29.1 Å². The minimum absolute atomic E-state index is 0.253. The molecule has 0 atom stereocenters. The van der Waals surface area contributed by atoms with Gasteiger partial charge in [-0.3, -0.25) is 9.78 Å². The molecule has 160 valence electrons. The molecule has 0 bridgehead atoms. The predicted molar refractivity (Wildman–Crippen MR) is 124 cm³/mol. The van der Waals surface area contributed by atoms with Crippen LogP contribution >= 0.6 is 0 Å². The van der Waals surface area contributed by atoms with E-state index >= 15 is 0 Å². The Bertz CT molecular complexity index is 1270. The minimum Gasteiger partial charge on any atom is -0.452 e. The number of ether oxygens (including phenoxy) is 1. The van der Waals surface area contributed by atoms with E-state index in [1.807, 2.05) is 60.7 Å². The lowest BCUT2D eigenvalue weighted by molar-refractivity contribution is -0.119. The molecule has 0 fully saturated rings. The van der Waals surface area contributed by atoms with Crippen molar-refractivity contribution in [3.05, 3.63) is 90.3 Å². The molecule has 1 N–H and O–H groups in total. The Hall–Kier alpha value is -4.06. The van der Waals surface area contributed by atoms with E-state index in [-0.39, 0.29) is 12.5 Å². The van der Waals surface area contributed by atoms with Gasteiger partial charge in [0, 0.05) is 29.0 Å². The molecule has 0 saturated heterocycles. The number of anilines is 1. The summed E-state index contributed by atoms with van der Waals surface area (Å²) in [5.74, 6) is -0.721. The molecule has 4 aromatic rings. The second-order valence-corrected chi connectivity index (χ2v) is 7.68. The number of carbonyl (C=O) groups is 2. The van der Waals surface area contributed by atoms with Crippen molar-refractivity contribution in [3.63, 3.8) is 0 Å². The fourth-order valence-electron chi connectivity index (χ4n) is 3.52. The van der Waals surface area contributed by atoms with Gasteiger partial charge in [-0.05, 0) is 41.8 Å². The van der Waals surface area contributed by atoms with E-state index in [1.165, 1.54) is 0 Å². The predicted octanol–water partition coefficient (Wildman–Crippen LogP) is 5.22. The molecule has 1 amide bonds. The Labute approximate surface area is 186 Å². The largest absolute Gasteiger partial charge is 0.452 e. The van der Waals surface area contributed by atoms with Gasteiger partial charge in [-0.1, -0.05) is 50.2 Å². The summed E-state index contributed by atoms with van der Waals surface area (Å²) in [6, 6.07) is 20.3. The van der Waals surface area contributed by atoms with E-state index in [0.717, 1.165) is 16.8 Å². The Balaban J connectivity index is 1.55. The summed E-state index contributed by atoms with van der Waals surface area (Å²) in [4.78, 5) is 34.2. The van der Waals surface area contributed by atoms with Crippen molar-refractivity contribution < 1.29 is 14.3 Å². The minimum atomic E-state index is -0.582. The first kappa shape index (κ1) is 21.2. The highest BCUT2D eigenvalue weighted by Gasteiger charge is 2.17. The first-order valence-electron chi connectivity index (χ1n) is 10.4.